The third-order valence-electron chi connectivity index (χ3n) is 2.33. The molecule has 1 aromatic rings. The van der Waals surface area contributed by atoms with Gasteiger partial charge < -0.3 is 21.1 Å². The topological polar surface area (TPSA) is 73.4 Å². The maximum atomic E-state index is 11.4. The standard InChI is InChI=1S/C12H14Cl3N3O2S/c1-2-9(20)17-10(12(13,14)15)18-11(21)16-7-4-3-5-8(19)6-7/h3-6,10,19H,2H2,1H3,(H,17,20)(H2,16,18,21)/t10-/m0/s1. The Balaban J connectivity index is 2.70. The van der Waals surface area contributed by atoms with Gasteiger partial charge in [-0.1, -0.05) is 47.8 Å². The number of carbonyl (C=O) groups excluding carboxylic acids is 1. The lowest BCUT2D eigenvalue weighted by Crippen LogP contribution is -2.56. The SMILES string of the molecule is CCC(=O)N[C@@H](NC(=S)Nc1cccc(O)c1)C(Cl)(Cl)Cl. The van der Waals surface area contributed by atoms with Gasteiger partial charge in [0.1, 0.15) is 11.9 Å². The molecule has 1 atom stereocenters. The van der Waals surface area contributed by atoms with Crippen molar-refractivity contribution < 1.29 is 9.90 Å². The zero-order valence-corrected chi connectivity index (χ0v) is 14.1. The molecule has 0 aliphatic carbocycles. The minimum absolute atomic E-state index is 0.0833. The van der Waals surface area contributed by atoms with E-state index in [0.717, 1.165) is 0 Å². The molecule has 0 unspecified atom stereocenters. The highest BCUT2D eigenvalue weighted by atomic mass is 35.6. The Labute approximate surface area is 142 Å². The number of amides is 1. The van der Waals surface area contributed by atoms with Crippen LogP contribution in [-0.4, -0.2) is 26.1 Å². The van der Waals surface area contributed by atoms with E-state index in [-0.39, 0.29) is 23.2 Å². The number of alkyl halides is 3. The van der Waals surface area contributed by atoms with Crippen LogP contribution in [0.1, 0.15) is 13.3 Å². The molecule has 5 nitrogen and oxygen atoms in total. The van der Waals surface area contributed by atoms with E-state index in [1.807, 2.05) is 0 Å². The first kappa shape index (κ1) is 18.1. The van der Waals surface area contributed by atoms with Crippen molar-refractivity contribution >= 4 is 63.7 Å². The summed E-state index contributed by atoms with van der Waals surface area (Å²) in [5, 5.41) is 17.5. The molecule has 0 fully saturated rings. The monoisotopic (exact) mass is 369 g/mol. The Morgan fingerprint density at radius 2 is 2.05 bits per heavy atom. The fourth-order valence-electron chi connectivity index (χ4n) is 1.34. The summed E-state index contributed by atoms with van der Waals surface area (Å²) in [4.78, 5) is 11.4. The summed E-state index contributed by atoms with van der Waals surface area (Å²) in [6.07, 6.45) is -0.752. The largest absolute Gasteiger partial charge is 0.508 e. The molecule has 0 bridgehead atoms. The Kier molecular flexibility index (Phi) is 6.80. The van der Waals surface area contributed by atoms with E-state index in [1.165, 1.54) is 12.1 Å². The normalized spacial score (nSPS) is 12.4. The van der Waals surface area contributed by atoms with Gasteiger partial charge in [0, 0.05) is 18.2 Å². The molecule has 21 heavy (non-hydrogen) atoms. The number of halogens is 3. The van der Waals surface area contributed by atoms with E-state index >= 15 is 0 Å². The Morgan fingerprint density at radius 3 is 2.57 bits per heavy atom. The highest BCUT2D eigenvalue weighted by molar-refractivity contribution is 7.80. The van der Waals surface area contributed by atoms with E-state index < -0.39 is 9.96 Å². The van der Waals surface area contributed by atoms with Gasteiger partial charge in [0.25, 0.3) is 0 Å². The van der Waals surface area contributed by atoms with Crippen LogP contribution in [0.15, 0.2) is 24.3 Å². The summed E-state index contributed by atoms with van der Waals surface area (Å²) in [7, 11) is 0. The smallest absolute Gasteiger partial charge is 0.228 e. The summed E-state index contributed by atoms with van der Waals surface area (Å²) in [5.41, 5.74) is 0.553. The van der Waals surface area contributed by atoms with E-state index in [4.69, 9.17) is 47.0 Å². The molecule has 1 aromatic carbocycles. The van der Waals surface area contributed by atoms with Gasteiger partial charge in [0.2, 0.25) is 9.70 Å². The van der Waals surface area contributed by atoms with E-state index in [0.29, 0.717) is 5.69 Å². The summed E-state index contributed by atoms with van der Waals surface area (Å²) in [5.74, 6) is -0.209. The third-order valence-corrected chi connectivity index (χ3v) is 3.21. The zero-order valence-electron chi connectivity index (χ0n) is 11.0. The lowest BCUT2D eigenvalue weighted by molar-refractivity contribution is -0.121. The Morgan fingerprint density at radius 1 is 1.38 bits per heavy atom. The first-order valence-corrected chi connectivity index (χ1v) is 7.49. The maximum absolute atomic E-state index is 11.4. The highest BCUT2D eigenvalue weighted by Crippen LogP contribution is 2.29. The Bertz CT molecular complexity index is 523. The fraction of sp³-hybridized carbons (Fsp3) is 0.333. The number of carbonyl (C=O) groups is 1. The molecule has 1 rings (SSSR count). The average molecular weight is 371 g/mol. The number of anilines is 1. The van der Waals surface area contributed by atoms with Crippen molar-refractivity contribution in [2.75, 3.05) is 5.32 Å². The quantitative estimate of drug-likeness (QED) is 0.373. The molecular formula is C12H14Cl3N3O2S. The van der Waals surface area contributed by atoms with Crippen molar-refractivity contribution in [1.29, 1.82) is 0 Å². The number of aromatic hydroxyl groups is 1. The number of nitrogens with one attached hydrogen (secondary N) is 3. The minimum atomic E-state index is -1.78. The van der Waals surface area contributed by atoms with Crippen LogP contribution in [0.2, 0.25) is 0 Å². The molecule has 116 valence electrons. The second-order valence-electron chi connectivity index (χ2n) is 4.04. The summed E-state index contributed by atoms with van der Waals surface area (Å²) >= 11 is 22.5. The predicted octanol–water partition coefficient (Wildman–Crippen LogP) is 2.90. The number of hydrogen-bond acceptors (Lipinski definition) is 3. The number of rotatable bonds is 4. The van der Waals surface area contributed by atoms with Gasteiger partial charge in [-0.25, -0.2) is 0 Å². The molecule has 0 aliphatic rings. The molecule has 4 N–H and O–H groups in total. The summed E-state index contributed by atoms with van der Waals surface area (Å²) in [6.45, 7) is 1.67. The van der Waals surface area contributed by atoms with Gasteiger partial charge >= 0.3 is 0 Å². The molecule has 0 radical (unpaired) electrons. The number of benzene rings is 1. The molecule has 0 saturated carbocycles. The Hall–Kier alpha value is -0.950. The van der Waals surface area contributed by atoms with E-state index in [2.05, 4.69) is 16.0 Å². The summed E-state index contributed by atoms with van der Waals surface area (Å²) in [6, 6.07) is 6.34. The van der Waals surface area contributed by atoms with Gasteiger partial charge in [-0.3, -0.25) is 4.79 Å². The van der Waals surface area contributed by atoms with Crippen LogP contribution < -0.4 is 16.0 Å². The van der Waals surface area contributed by atoms with Crippen molar-refractivity contribution in [2.24, 2.45) is 0 Å². The molecule has 9 heteroatoms. The van der Waals surface area contributed by atoms with Crippen molar-refractivity contribution in [3.63, 3.8) is 0 Å². The number of thiocarbonyl (C=S) groups is 1. The third kappa shape index (κ3) is 6.56. The van der Waals surface area contributed by atoms with Crippen LogP contribution in [0.3, 0.4) is 0 Å². The van der Waals surface area contributed by atoms with Gasteiger partial charge in [-0.05, 0) is 24.4 Å². The lowest BCUT2D eigenvalue weighted by atomic mass is 10.3. The van der Waals surface area contributed by atoms with Crippen molar-refractivity contribution in [1.82, 2.24) is 10.6 Å². The zero-order chi connectivity index (χ0) is 16.0. The van der Waals surface area contributed by atoms with E-state index in [1.54, 1.807) is 19.1 Å². The van der Waals surface area contributed by atoms with Gasteiger partial charge in [-0.15, -0.1) is 0 Å². The lowest BCUT2D eigenvalue weighted by Gasteiger charge is -2.27. The van der Waals surface area contributed by atoms with Gasteiger partial charge in [0.15, 0.2) is 5.11 Å². The number of hydrogen-bond donors (Lipinski definition) is 4. The van der Waals surface area contributed by atoms with Gasteiger partial charge in [-0.2, -0.15) is 0 Å². The maximum Gasteiger partial charge on any atom is 0.228 e. The second-order valence-corrected chi connectivity index (χ2v) is 6.82. The molecule has 0 heterocycles. The van der Waals surface area contributed by atoms with Crippen LogP contribution in [0.4, 0.5) is 5.69 Å². The van der Waals surface area contributed by atoms with Crippen molar-refractivity contribution in [3.8, 4) is 5.75 Å². The molecular weight excluding hydrogens is 357 g/mol. The molecule has 0 aliphatic heterocycles. The molecule has 0 saturated heterocycles. The number of phenols is 1. The van der Waals surface area contributed by atoms with Crippen LogP contribution in [-0.2, 0) is 4.79 Å². The van der Waals surface area contributed by atoms with Crippen LogP contribution in [0.25, 0.3) is 0 Å². The molecule has 1 amide bonds. The highest BCUT2D eigenvalue weighted by Gasteiger charge is 2.34. The molecule has 0 spiro atoms. The average Bonchev–Trinajstić information content (AvgIpc) is 2.36. The first-order valence-electron chi connectivity index (χ1n) is 5.95. The fourth-order valence-corrected chi connectivity index (χ4v) is 1.91. The minimum Gasteiger partial charge on any atom is -0.508 e. The van der Waals surface area contributed by atoms with Crippen LogP contribution in [0, 0.1) is 0 Å². The summed E-state index contributed by atoms with van der Waals surface area (Å²) < 4.78 is -1.78. The predicted molar refractivity (Wildman–Crippen MR) is 90.0 cm³/mol. The van der Waals surface area contributed by atoms with E-state index in [9.17, 15) is 9.90 Å². The van der Waals surface area contributed by atoms with Crippen molar-refractivity contribution in [2.45, 2.75) is 23.3 Å². The van der Waals surface area contributed by atoms with Crippen molar-refractivity contribution in [3.05, 3.63) is 24.3 Å². The van der Waals surface area contributed by atoms with Crippen LogP contribution in [0.5, 0.6) is 5.75 Å². The van der Waals surface area contributed by atoms with Crippen LogP contribution >= 0.6 is 47.0 Å². The number of phenolic OH excluding ortho intramolecular Hbond substituents is 1. The first-order chi connectivity index (χ1) is 9.72. The second kappa shape index (κ2) is 7.89. The molecule has 0 aromatic heterocycles. The van der Waals surface area contributed by atoms with Gasteiger partial charge in [0.05, 0.1) is 0 Å².